The van der Waals surface area contributed by atoms with Crippen molar-refractivity contribution in [3.05, 3.63) is 64.7 Å². The van der Waals surface area contributed by atoms with Gasteiger partial charge in [0.25, 0.3) is 11.8 Å². The molecule has 0 saturated heterocycles. The Morgan fingerprint density at radius 2 is 1.65 bits per heavy atom. The van der Waals surface area contributed by atoms with E-state index in [1.54, 1.807) is 43.3 Å². The summed E-state index contributed by atoms with van der Waals surface area (Å²) in [6.45, 7) is 1.76. The summed E-state index contributed by atoms with van der Waals surface area (Å²) >= 11 is 0. The maximum absolute atomic E-state index is 13.3. The van der Waals surface area contributed by atoms with E-state index < -0.39 is 32.9 Å². The smallest absolute Gasteiger partial charge is 0.489 e. The zero-order valence-corrected chi connectivity index (χ0v) is 19.1. The molecule has 182 valence electrons. The molecule has 11 heteroatoms. The standard InChI is InChI=1S/C23H23F3N2O5S/c1-14-6-4-11-18(19(14)33-17-9-5-10-17)20(29)27-22(12-15-7-2-3-8-16(15)13-22)21(30)28-34(31,32)23(24,25)26/h2-4,6-8,11,17H,5,9-10,12-13H2,1H3,(H,27,29)(H,28,30). The first kappa shape index (κ1) is 24.1. The Balaban J connectivity index is 1.67. The van der Waals surface area contributed by atoms with Crippen molar-refractivity contribution in [1.29, 1.82) is 0 Å². The first-order valence-corrected chi connectivity index (χ1v) is 12.2. The van der Waals surface area contributed by atoms with Crippen molar-refractivity contribution in [3.8, 4) is 5.75 Å². The summed E-state index contributed by atoms with van der Waals surface area (Å²) in [7, 11) is -5.96. The average Bonchev–Trinajstić information content (AvgIpc) is 3.09. The summed E-state index contributed by atoms with van der Waals surface area (Å²) in [6.07, 6.45) is 2.31. The highest BCUT2D eigenvalue weighted by molar-refractivity contribution is 7.90. The fraction of sp³-hybridized carbons (Fsp3) is 0.391. The molecule has 2 aliphatic carbocycles. The van der Waals surface area contributed by atoms with Crippen LogP contribution in [0.1, 0.15) is 46.3 Å². The second-order valence-corrected chi connectivity index (χ2v) is 10.3. The summed E-state index contributed by atoms with van der Waals surface area (Å²) in [5.41, 5.74) is -5.56. The average molecular weight is 497 g/mol. The van der Waals surface area contributed by atoms with Gasteiger partial charge in [0.2, 0.25) is 0 Å². The zero-order valence-electron chi connectivity index (χ0n) is 18.2. The third-order valence-corrected chi connectivity index (χ3v) is 7.28. The van der Waals surface area contributed by atoms with Gasteiger partial charge in [-0.3, -0.25) is 9.59 Å². The number of hydrogen-bond donors (Lipinski definition) is 2. The van der Waals surface area contributed by atoms with Gasteiger partial charge in [0.15, 0.2) is 0 Å². The van der Waals surface area contributed by atoms with Crippen LogP contribution in [0.3, 0.4) is 0 Å². The second kappa shape index (κ2) is 8.61. The number of nitrogens with one attached hydrogen (secondary N) is 2. The molecule has 1 saturated carbocycles. The number of aryl methyl sites for hydroxylation is 1. The SMILES string of the molecule is Cc1cccc(C(=O)NC2(C(=O)NS(=O)(=O)C(F)(F)F)Cc3ccccc3C2)c1OC1CCC1. The molecule has 7 nitrogen and oxygen atoms in total. The third-order valence-electron chi connectivity index (χ3n) is 6.22. The molecular formula is C23H23F3N2O5S. The summed E-state index contributed by atoms with van der Waals surface area (Å²) in [6, 6.07) is 11.6. The number of ether oxygens (including phenoxy) is 1. The van der Waals surface area contributed by atoms with Gasteiger partial charge < -0.3 is 10.1 Å². The van der Waals surface area contributed by atoms with Crippen molar-refractivity contribution in [2.75, 3.05) is 0 Å². The lowest BCUT2D eigenvalue weighted by Gasteiger charge is -2.31. The fourth-order valence-electron chi connectivity index (χ4n) is 4.13. The Bertz CT molecular complexity index is 1210. The molecule has 2 aliphatic rings. The molecule has 0 atom stereocenters. The highest BCUT2D eigenvalue weighted by Crippen LogP contribution is 2.34. The number of amides is 2. The van der Waals surface area contributed by atoms with Gasteiger partial charge in [-0.05, 0) is 48.9 Å². The number of sulfonamides is 1. The van der Waals surface area contributed by atoms with Gasteiger partial charge >= 0.3 is 15.5 Å². The molecule has 0 unspecified atom stereocenters. The quantitative estimate of drug-likeness (QED) is 0.640. The highest BCUT2D eigenvalue weighted by Gasteiger charge is 2.52. The van der Waals surface area contributed by atoms with Gasteiger partial charge in [-0.15, -0.1) is 0 Å². The number of rotatable bonds is 6. The second-order valence-electron chi connectivity index (χ2n) is 8.66. The monoisotopic (exact) mass is 496 g/mol. The molecule has 0 spiro atoms. The van der Waals surface area contributed by atoms with Crippen LogP contribution in [0.25, 0.3) is 0 Å². The number of hydrogen-bond acceptors (Lipinski definition) is 5. The predicted octanol–water partition coefficient (Wildman–Crippen LogP) is 3.16. The largest absolute Gasteiger partial charge is 0.516 e. The van der Waals surface area contributed by atoms with E-state index in [4.69, 9.17) is 4.74 Å². The molecule has 2 amide bonds. The Morgan fingerprint density at radius 3 is 2.18 bits per heavy atom. The minimum Gasteiger partial charge on any atom is -0.489 e. The Morgan fingerprint density at radius 1 is 1.03 bits per heavy atom. The van der Waals surface area contributed by atoms with Crippen LogP contribution in [0.4, 0.5) is 13.2 Å². The molecule has 0 bridgehead atoms. The Kier molecular flexibility index (Phi) is 6.09. The number of benzene rings is 2. The molecule has 2 aromatic carbocycles. The van der Waals surface area contributed by atoms with Crippen LogP contribution in [0.5, 0.6) is 5.75 Å². The van der Waals surface area contributed by atoms with Crippen LogP contribution in [-0.2, 0) is 27.7 Å². The van der Waals surface area contributed by atoms with Crippen LogP contribution < -0.4 is 14.8 Å². The first-order chi connectivity index (χ1) is 15.9. The number of fused-ring (bicyclic) bond motifs is 1. The summed E-state index contributed by atoms with van der Waals surface area (Å²) < 4.78 is 69.2. The van der Waals surface area contributed by atoms with Crippen LogP contribution in [0, 0.1) is 6.92 Å². The van der Waals surface area contributed by atoms with E-state index in [0.717, 1.165) is 24.0 Å². The number of halogens is 3. The minimum absolute atomic E-state index is 0.0439. The van der Waals surface area contributed by atoms with Gasteiger partial charge in [-0.1, -0.05) is 36.4 Å². The number of para-hydroxylation sites is 1. The molecular weight excluding hydrogens is 473 g/mol. The van der Waals surface area contributed by atoms with E-state index in [2.05, 4.69) is 5.32 Å². The molecule has 0 radical (unpaired) electrons. The molecule has 0 aliphatic heterocycles. The molecule has 0 heterocycles. The lowest BCUT2D eigenvalue weighted by atomic mass is 9.93. The molecule has 1 fully saturated rings. The van der Waals surface area contributed by atoms with E-state index in [9.17, 15) is 31.2 Å². The summed E-state index contributed by atoms with van der Waals surface area (Å²) in [4.78, 5) is 26.4. The summed E-state index contributed by atoms with van der Waals surface area (Å²) in [5, 5.41) is 2.54. The van der Waals surface area contributed by atoms with Gasteiger partial charge in [-0.2, -0.15) is 21.6 Å². The maximum atomic E-state index is 13.3. The van der Waals surface area contributed by atoms with Gasteiger partial charge in [-0.25, -0.2) is 4.72 Å². The highest BCUT2D eigenvalue weighted by atomic mass is 32.2. The van der Waals surface area contributed by atoms with E-state index in [1.807, 2.05) is 0 Å². The van der Waals surface area contributed by atoms with Crippen LogP contribution in [-0.4, -0.2) is 37.4 Å². The van der Waals surface area contributed by atoms with Crippen molar-refractivity contribution >= 4 is 21.8 Å². The van der Waals surface area contributed by atoms with Gasteiger partial charge in [0.05, 0.1) is 11.7 Å². The molecule has 2 N–H and O–H groups in total. The lowest BCUT2D eigenvalue weighted by Crippen LogP contribution is -2.61. The first-order valence-electron chi connectivity index (χ1n) is 10.7. The van der Waals surface area contributed by atoms with Gasteiger partial charge in [0, 0.05) is 12.8 Å². The van der Waals surface area contributed by atoms with Crippen LogP contribution in [0.2, 0.25) is 0 Å². The third kappa shape index (κ3) is 4.48. The molecule has 34 heavy (non-hydrogen) atoms. The fourth-order valence-corrected chi connectivity index (χ4v) is 4.68. The van der Waals surface area contributed by atoms with E-state index in [1.165, 1.54) is 6.07 Å². The molecule has 0 aromatic heterocycles. The van der Waals surface area contributed by atoms with Crippen molar-refractivity contribution in [3.63, 3.8) is 0 Å². The summed E-state index contributed by atoms with van der Waals surface area (Å²) in [5.74, 6) is -1.87. The lowest BCUT2D eigenvalue weighted by molar-refractivity contribution is -0.125. The predicted molar refractivity (Wildman–Crippen MR) is 117 cm³/mol. The van der Waals surface area contributed by atoms with Gasteiger partial charge in [0.1, 0.15) is 11.3 Å². The maximum Gasteiger partial charge on any atom is 0.516 e. The van der Waals surface area contributed by atoms with Crippen molar-refractivity contribution in [1.82, 2.24) is 10.0 Å². The van der Waals surface area contributed by atoms with E-state index in [0.29, 0.717) is 22.4 Å². The van der Waals surface area contributed by atoms with E-state index >= 15 is 0 Å². The van der Waals surface area contributed by atoms with Crippen LogP contribution >= 0.6 is 0 Å². The molecule has 2 aromatic rings. The molecule has 4 rings (SSSR count). The van der Waals surface area contributed by atoms with Crippen molar-refractivity contribution in [2.24, 2.45) is 0 Å². The topological polar surface area (TPSA) is 102 Å². The van der Waals surface area contributed by atoms with E-state index in [-0.39, 0.29) is 24.5 Å². The number of carbonyl (C=O) groups is 2. The normalized spacial score (nSPS) is 17.4. The van der Waals surface area contributed by atoms with Crippen molar-refractivity contribution < 1.29 is 35.9 Å². The zero-order chi connectivity index (χ0) is 24.7. The number of alkyl halides is 3. The Labute approximate surface area is 194 Å². The van der Waals surface area contributed by atoms with Crippen molar-refractivity contribution in [2.45, 2.75) is 56.2 Å². The number of carbonyl (C=O) groups excluding carboxylic acids is 2. The Hall–Kier alpha value is -3.08. The minimum atomic E-state index is -5.96. The van der Waals surface area contributed by atoms with Crippen LogP contribution in [0.15, 0.2) is 42.5 Å².